The van der Waals surface area contributed by atoms with E-state index in [9.17, 15) is 14.3 Å². The summed E-state index contributed by atoms with van der Waals surface area (Å²) in [5, 5.41) is 9.74. The van der Waals surface area contributed by atoms with Crippen LogP contribution in [0.4, 0.5) is 9.18 Å². The Hall–Kier alpha value is -2.40. The normalized spacial score (nSPS) is 18.0. The highest BCUT2D eigenvalue weighted by molar-refractivity contribution is 5.69. The molecular weight excluding hydrogens is 357 g/mol. The van der Waals surface area contributed by atoms with Crippen LogP contribution < -0.4 is 0 Å². The number of halogens is 1. The number of aliphatic hydroxyl groups is 1. The van der Waals surface area contributed by atoms with Crippen molar-refractivity contribution in [1.82, 2.24) is 4.90 Å². The first-order chi connectivity index (χ1) is 13.3. The average Bonchev–Trinajstić information content (AvgIpc) is 2.68. The zero-order valence-corrected chi connectivity index (χ0v) is 16.8. The summed E-state index contributed by atoms with van der Waals surface area (Å²) in [6, 6.07) is 18.0. The number of nitrogens with zero attached hydrogens (tertiary/aromatic N) is 1. The molecule has 1 saturated heterocycles. The van der Waals surface area contributed by atoms with E-state index in [-0.39, 0.29) is 24.1 Å². The minimum atomic E-state index is -0.745. The second-order valence-corrected chi connectivity index (χ2v) is 7.72. The lowest BCUT2D eigenvalue weighted by molar-refractivity contribution is -0.00600. The third-order valence-corrected chi connectivity index (χ3v) is 4.76. The van der Waals surface area contributed by atoms with Crippen LogP contribution in [-0.2, 0) is 4.74 Å². The van der Waals surface area contributed by atoms with Gasteiger partial charge in [-0.2, -0.15) is 0 Å². The van der Waals surface area contributed by atoms with Crippen LogP contribution in [0.25, 0.3) is 0 Å². The molecule has 4 nitrogen and oxygen atoms in total. The molecule has 1 aliphatic heterocycles. The highest BCUT2D eigenvalue weighted by Gasteiger charge is 2.31. The van der Waals surface area contributed by atoms with Gasteiger partial charge in [-0.15, -0.1) is 0 Å². The summed E-state index contributed by atoms with van der Waals surface area (Å²) in [6.45, 7) is 6.01. The monoisotopic (exact) mass is 387 g/mol. The molecule has 2 atom stereocenters. The van der Waals surface area contributed by atoms with Crippen molar-refractivity contribution in [3.8, 4) is 0 Å². The van der Waals surface area contributed by atoms with Crippen LogP contribution in [0, 0.1) is 5.82 Å². The maximum absolute atomic E-state index is 13.0. The highest BCUT2D eigenvalue weighted by Crippen LogP contribution is 2.27. The number of amides is 1. The first-order valence-corrected chi connectivity index (χ1v) is 9.71. The smallest absolute Gasteiger partial charge is 0.410 e. The van der Waals surface area contributed by atoms with Gasteiger partial charge in [-0.3, -0.25) is 0 Å². The Balaban J connectivity index is 0.000000397. The number of hydrogen-bond acceptors (Lipinski definition) is 3. The second kappa shape index (κ2) is 10.2. The van der Waals surface area contributed by atoms with Crippen molar-refractivity contribution in [2.75, 3.05) is 6.54 Å². The summed E-state index contributed by atoms with van der Waals surface area (Å²) in [7, 11) is 0. The lowest BCUT2D eigenvalue weighted by atomic mass is 9.98. The molecule has 152 valence electrons. The van der Waals surface area contributed by atoms with Crippen molar-refractivity contribution in [1.29, 1.82) is 0 Å². The second-order valence-electron chi connectivity index (χ2n) is 7.72. The van der Waals surface area contributed by atoms with Crippen LogP contribution in [0.1, 0.15) is 51.6 Å². The Morgan fingerprint density at radius 2 is 1.68 bits per heavy atom. The molecule has 1 amide bonds. The molecule has 0 radical (unpaired) electrons. The van der Waals surface area contributed by atoms with Gasteiger partial charge >= 0.3 is 6.09 Å². The Morgan fingerprint density at radius 3 is 2.14 bits per heavy atom. The third kappa shape index (κ3) is 7.31. The summed E-state index contributed by atoms with van der Waals surface area (Å²) < 4.78 is 18.4. The number of hydrogen-bond donors (Lipinski definition) is 1. The largest absolute Gasteiger partial charge is 0.446 e. The molecule has 0 saturated carbocycles. The summed E-state index contributed by atoms with van der Waals surface area (Å²) in [5.74, 6) is -0.288. The summed E-state index contributed by atoms with van der Waals surface area (Å²) >= 11 is 0. The van der Waals surface area contributed by atoms with Gasteiger partial charge in [0.25, 0.3) is 0 Å². The molecule has 1 fully saturated rings. The molecule has 0 spiro atoms. The lowest BCUT2D eigenvalue weighted by Crippen LogP contribution is -2.43. The van der Waals surface area contributed by atoms with E-state index < -0.39 is 5.60 Å². The molecule has 1 heterocycles. The maximum atomic E-state index is 13.0. The molecule has 0 bridgehead atoms. The molecule has 1 N–H and O–H groups in total. The molecule has 5 heteroatoms. The van der Waals surface area contributed by atoms with Gasteiger partial charge in [0.05, 0.1) is 11.6 Å². The fraction of sp³-hybridized carbons (Fsp3) is 0.435. The topological polar surface area (TPSA) is 49.8 Å². The number of rotatable bonds is 5. The predicted octanol–water partition coefficient (Wildman–Crippen LogP) is 5.34. The van der Waals surface area contributed by atoms with Crippen molar-refractivity contribution in [2.24, 2.45) is 0 Å². The average molecular weight is 387 g/mol. The lowest BCUT2D eigenvalue weighted by Gasteiger charge is -2.36. The zero-order chi connectivity index (χ0) is 20.6. The van der Waals surface area contributed by atoms with Crippen LogP contribution in [0.15, 0.2) is 60.7 Å². The first-order valence-electron chi connectivity index (χ1n) is 9.71. The molecule has 2 aromatic rings. The number of ether oxygens (including phenoxy) is 1. The Morgan fingerprint density at radius 1 is 1.14 bits per heavy atom. The van der Waals surface area contributed by atoms with Gasteiger partial charge in [0, 0.05) is 13.0 Å². The molecule has 3 rings (SSSR count). The van der Waals surface area contributed by atoms with E-state index in [4.69, 9.17) is 4.74 Å². The molecule has 28 heavy (non-hydrogen) atoms. The van der Waals surface area contributed by atoms with Crippen LogP contribution in [0.3, 0.4) is 0 Å². The molecule has 2 unspecified atom stereocenters. The van der Waals surface area contributed by atoms with Crippen molar-refractivity contribution in [3.63, 3.8) is 0 Å². The molecule has 2 aromatic carbocycles. The van der Waals surface area contributed by atoms with Crippen LogP contribution in [0.5, 0.6) is 0 Å². The minimum Gasteiger partial charge on any atom is -0.446 e. The van der Waals surface area contributed by atoms with E-state index in [2.05, 4.69) is 0 Å². The molecule has 0 aliphatic carbocycles. The standard InChI is InChI=1S/C17H24FNO3.C6H6/c1-12(13-4-6-14(18)7-5-13)19-11-9-15(22-16(19)20)8-10-17(2,3)21;1-2-4-6-5-3-1/h4-7,12,15,21H,8-11H2,1-3H3;1-6H. The van der Waals surface area contributed by atoms with Gasteiger partial charge in [0.15, 0.2) is 0 Å². The van der Waals surface area contributed by atoms with Gasteiger partial charge in [-0.05, 0) is 51.3 Å². The highest BCUT2D eigenvalue weighted by atomic mass is 19.1. The van der Waals surface area contributed by atoms with Crippen LogP contribution >= 0.6 is 0 Å². The zero-order valence-electron chi connectivity index (χ0n) is 16.8. The van der Waals surface area contributed by atoms with E-state index in [0.29, 0.717) is 19.4 Å². The van der Waals surface area contributed by atoms with Crippen molar-refractivity contribution in [2.45, 2.75) is 57.8 Å². The summed E-state index contributed by atoms with van der Waals surface area (Å²) in [5.41, 5.74) is 0.138. The SMILES string of the molecule is CC(c1ccc(F)cc1)N1CCC(CCC(C)(C)O)OC1=O.c1ccccc1. The van der Waals surface area contributed by atoms with E-state index in [1.807, 2.05) is 43.3 Å². The number of carbonyl (C=O) groups excluding carboxylic acids is 1. The fourth-order valence-electron chi connectivity index (χ4n) is 3.02. The van der Waals surface area contributed by atoms with E-state index >= 15 is 0 Å². The number of cyclic esters (lactones) is 1. The number of carbonyl (C=O) groups is 1. The molecule has 0 aromatic heterocycles. The van der Waals surface area contributed by atoms with Gasteiger partial charge in [0.2, 0.25) is 0 Å². The van der Waals surface area contributed by atoms with Crippen molar-refractivity contribution < 1.29 is 19.0 Å². The Bertz CT molecular complexity index is 686. The van der Waals surface area contributed by atoms with Crippen LogP contribution in [-0.4, -0.2) is 34.3 Å². The molecular formula is C23H30FNO3. The van der Waals surface area contributed by atoms with Crippen LogP contribution in [0.2, 0.25) is 0 Å². The van der Waals surface area contributed by atoms with Gasteiger partial charge in [0.1, 0.15) is 11.9 Å². The van der Waals surface area contributed by atoms with E-state index in [1.165, 1.54) is 12.1 Å². The van der Waals surface area contributed by atoms with Crippen molar-refractivity contribution >= 4 is 6.09 Å². The van der Waals surface area contributed by atoms with Crippen molar-refractivity contribution in [3.05, 3.63) is 72.0 Å². The van der Waals surface area contributed by atoms with Gasteiger partial charge in [-0.25, -0.2) is 9.18 Å². The third-order valence-electron chi connectivity index (χ3n) is 4.76. The quantitative estimate of drug-likeness (QED) is 0.754. The Kier molecular flexibility index (Phi) is 8.00. The summed E-state index contributed by atoms with van der Waals surface area (Å²) in [6.07, 6.45) is 1.51. The minimum absolute atomic E-state index is 0.143. The van der Waals surface area contributed by atoms with E-state index in [1.54, 1.807) is 30.9 Å². The predicted molar refractivity (Wildman–Crippen MR) is 108 cm³/mol. The van der Waals surface area contributed by atoms with Gasteiger partial charge in [-0.1, -0.05) is 48.5 Å². The van der Waals surface area contributed by atoms with Gasteiger partial charge < -0.3 is 14.7 Å². The molecule has 1 aliphatic rings. The summed E-state index contributed by atoms with van der Waals surface area (Å²) in [4.78, 5) is 13.8. The van der Waals surface area contributed by atoms with E-state index in [0.717, 1.165) is 12.0 Å². The number of benzene rings is 2. The first kappa shape index (κ1) is 21.9. The maximum Gasteiger partial charge on any atom is 0.410 e. The Labute approximate surface area is 166 Å². The fourth-order valence-corrected chi connectivity index (χ4v) is 3.02.